The highest BCUT2D eigenvalue weighted by Gasteiger charge is 2.36. The first kappa shape index (κ1) is 16.9. The molecule has 0 aromatic carbocycles. The maximum Gasteiger partial charge on any atom is 0.366 e. The van der Waals surface area contributed by atoms with E-state index in [9.17, 15) is 15.0 Å². The van der Waals surface area contributed by atoms with E-state index >= 15 is 0 Å². The first-order valence-corrected chi connectivity index (χ1v) is 6.16. The molecule has 0 aliphatic heterocycles. The van der Waals surface area contributed by atoms with Crippen LogP contribution in [0.4, 0.5) is 0 Å². The average Bonchev–Trinajstić information content (AvgIpc) is 2.21. The van der Waals surface area contributed by atoms with Crippen LogP contribution in [-0.4, -0.2) is 27.6 Å². The Balaban J connectivity index is 4.08. The number of nitriles is 1. The molecular weight excluding hydrogens is 234 g/mol. The van der Waals surface area contributed by atoms with Crippen molar-refractivity contribution in [1.82, 2.24) is 0 Å². The van der Waals surface area contributed by atoms with Gasteiger partial charge in [0.1, 0.15) is 5.60 Å². The number of rotatable bonds is 6. The number of unbranched alkanes of at least 4 members (excludes halogenated alkanes) is 1. The van der Waals surface area contributed by atoms with Gasteiger partial charge in [-0.2, -0.15) is 5.26 Å². The first-order chi connectivity index (χ1) is 8.08. The number of aliphatic hydroxyl groups is 2. The first-order valence-electron chi connectivity index (χ1n) is 6.16. The molecule has 0 aromatic heterocycles. The lowest BCUT2D eigenvalue weighted by atomic mass is 10.0. The predicted molar refractivity (Wildman–Crippen MR) is 66.3 cm³/mol. The van der Waals surface area contributed by atoms with E-state index in [1.165, 1.54) is 0 Å². The maximum absolute atomic E-state index is 11.5. The lowest BCUT2D eigenvalue weighted by Crippen LogP contribution is -2.43. The van der Waals surface area contributed by atoms with Crippen LogP contribution < -0.4 is 0 Å². The van der Waals surface area contributed by atoms with Crippen LogP contribution in [0.1, 0.15) is 53.4 Å². The summed E-state index contributed by atoms with van der Waals surface area (Å²) in [6, 6.07) is 2.10. The van der Waals surface area contributed by atoms with Gasteiger partial charge in [-0.15, -0.1) is 0 Å². The summed E-state index contributed by atoms with van der Waals surface area (Å²) in [5, 5.41) is 27.8. The minimum absolute atomic E-state index is 0.0571. The normalized spacial score (nSPS) is 13.8. The van der Waals surface area contributed by atoms with Gasteiger partial charge >= 0.3 is 5.97 Å². The molecule has 5 heteroatoms. The van der Waals surface area contributed by atoms with Crippen molar-refractivity contribution in [2.45, 2.75) is 64.8 Å². The molecule has 0 aliphatic rings. The molecule has 0 bridgehead atoms. The highest BCUT2D eigenvalue weighted by Crippen LogP contribution is 2.19. The summed E-state index contributed by atoms with van der Waals surface area (Å²) in [6.07, 6.45) is 1.72. The number of ether oxygens (including phenoxy) is 1. The second kappa shape index (κ2) is 6.72. The Morgan fingerprint density at radius 3 is 2.33 bits per heavy atom. The monoisotopic (exact) mass is 257 g/mol. The minimum atomic E-state index is -2.44. The fraction of sp³-hybridized carbons (Fsp3) is 0.846. The Morgan fingerprint density at radius 1 is 1.33 bits per heavy atom. The Labute approximate surface area is 108 Å². The van der Waals surface area contributed by atoms with Gasteiger partial charge in [-0.1, -0.05) is 6.42 Å². The number of hydrogen-bond donors (Lipinski definition) is 2. The summed E-state index contributed by atoms with van der Waals surface area (Å²) in [5.41, 5.74) is -0.747. The van der Waals surface area contributed by atoms with E-state index in [-0.39, 0.29) is 12.3 Å². The van der Waals surface area contributed by atoms with Gasteiger partial charge in [0.15, 0.2) is 0 Å². The van der Waals surface area contributed by atoms with Crippen molar-refractivity contribution in [3.8, 4) is 6.07 Å². The molecule has 1 unspecified atom stereocenters. The molecule has 0 heterocycles. The second-order valence-corrected chi connectivity index (χ2v) is 5.59. The van der Waals surface area contributed by atoms with Crippen LogP contribution in [-0.2, 0) is 9.53 Å². The Hall–Kier alpha value is -1.12. The molecule has 0 radical (unpaired) electrons. The lowest BCUT2D eigenvalue weighted by molar-refractivity contribution is -0.221. The summed E-state index contributed by atoms with van der Waals surface area (Å²) in [4.78, 5) is 11.5. The van der Waals surface area contributed by atoms with Crippen molar-refractivity contribution in [3.63, 3.8) is 0 Å². The number of hydrogen-bond acceptors (Lipinski definition) is 5. The van der Waals surface area contributed by atoms with Gasteiger partial charge in [-0.05, 0) is 40.5 Å². The fourth-order valence-corrected chi connectivity index (χ4v) is 1.35. The van der Waals surface area contributed by atoms with E-state index in [1.807, 2.05) is 0 Å². The van der Waals surface area contributed by atoms with Crippen LogP contribution in [0.3, 0.4) is 0 Å². The molecule has 0 rings (SSSR count). The van der Waals surface area contributed by atoms with Crippen LogP contribution in [0.5, 0.6) is 0 Å². The standard InChI is InChI=1S/C13H23NO4/c1-10(9-14)7-5-6-8-13(16,17)11(15)18-12(2,3)4/h10,16-17H,5-8H2,1-4H3. The SMILES string of the molecule is CC(C#N)CCCCC(O)(O)C(=O)OC(C)(C)C. The van der Waals surface area contributed by atoms with E-state index in [1.54, 1.807) is 27.7 Å². The third kappa shape index (κ3) is 7.25. The summed E-state index contributed by atoms with van der Waals surface area (Å²) < 4.78 is 4.91. The molecule has 0 saturated carbocycles. The van der Waals surface area contributed by atoms with E-state index in [2.05, 4.69) is 6.07 Å². The van der Waals surface area contributed by atoms with E-state index < -0.39 is 17.4 Å². The zero-order valence-corrected chi connectivity index (χ0v) is 11.6. The third-order valence-electron chi connectivity index (χ3n) is 2.36. The predicted octanol–water partition coefficient (Wildman–Crippen LogP) is 1.73. The molecule has 2 N–H and O–H groups in total. The van der Waals surface area contributed by atoms with Gasteiger partial charge in [-0.25, -0.2) is 4.79 Å². The highest BCUT2D eigenvalue weighted by atomic mass is 16.6. The van der Waals surface area contributed by atoms with Crippen LogP contribution >= 0.6 is 0 Å². The van der Waals surface area contributed by atoms with Crippen molar-refractivity contribution >= 4 is 5.97 Å². The van der Waals surface area contributed by atoms with Gasteiger partial charge < -0.3 is 14.9 Å². The summed E-state index contributed by atoms with van der Waals surface area (Å²) in [7, 11) is 0. The zero-order valence-electron chi connectivity index (χ0n) is 11.6. The van der Waals surface area contributed by atoms with Crippen molar-refractivity contribution in [3.05, 3.63) is 0 Å². The highest BCUT2D eigenvalue weighted by molar-refractivity contribution is 5.77. The molecule has 18 heavy (non-hydrogen) atoms. The topological polar surface area (TPSA) is 90.5 Å². The number of esters is 1. The van der Waals surface area contributed by atoms with Crippen molar-refractivity contribution in [2.75, 3.05) is 0 Å². The van der Waals surface area contributed by atoms with Crippen LogP contribution in [0.2, 0.25) is 0 Å². The molecule has 104 valence electrons. The Bertz CT molecular complexity index is 312. The van der Waals surface area contributed by atoms with Gasteiger partial charge in [-0.3, -0.25) is 0 Å². The van der Waals surface area contributed by atoms with Gasteiger partial charge in [0, 0.05) is 12.3 Å². The Morgan fingerprint density at radius 2 is 1.89 bits per heavy atom. The van der Waals surface area contributed by atoms with Gasteiger partial charge in [0.2, 0.25) is 0 Å². The second-order valence-electron chi connectivity index (χ2n) is 5.59. The molecule has 0 amide bonds. The summed E-state index contributed by atoms with van der Waals surface area (Å²) in [5.74, 6) is -3.52. The number of carbonyl (C=O) groups excluding carboxylic acids is 1. The van der Waals surface area contributed by atoms with Crippen LogP contribution in [0.15, 0.2) is 0 Å². The molecule has 1 atom stereocenters. The molecule has 5 nitrogen and oxygen atoms in total. The quantitative estimate of drug-likeness (QED) is 0.429. The van der Waals surface area contributed by atoms with Gasteiger partial charge in [0.05, 0.1) is 6.07 Å². The number of carbonyl (C=O) groups is 1. The van der Waals surface area contributed by atoms with E-state index in [0.29, 0.717) is 19.3 Å². The van der Waals surface area contributed by atoms with Crippen molar-refractivity contribution in [1.29, 1.82) is 5.26 Å². The smallest absolute Gasteiger partial charge is 0.366 e. The van der Waals surface area contributed by atoms with Gasteiger partial charge in [0.25, 0.3) is 5.79 Å². The molecule has 0 aliphatic carbocycles. The molecule has 0 fully saturated rings. The third-order valence-corrected chi connectivity index (χ3v) is 2.36. The lowest BCUT2D eigenvalue weighted by Gasteiger charge is -2.26. The number of nitrogens with zero attached hydrogens (tertiary/aromatic N) is 1. The van der Waals surface area contributed by atoms with Crippen molar-refractivity contribution < 1.29 is 19.7 Å². The maximum atomic E-state index is 11.5. The minimum Gasteiger partial charge on any atom is -0.456 e. The van der Waals surface area contributed by atoms with E-state index in [4.69, 9.17) is 10.00 Å². The van der Waals surface area contributed by atoms with Crippen LogP contribution in [0.25, 0.3) is 0 Å². The molecule has 0 saturated heterocycles. The van der Waals surface area contributed by atoms with E-state index in [0.717, 1.165) is 0 Å². The van der Waals surface area contributed by atoms with Crippen molar-refractivity contribution in [2.24, 2.45) is 5.92 Å². The average molecular weight is 257 g/mol. The molecular formula is C13H23NO4. The zero-order chi connectivity index (χ0) is 14.4. The molecule has 0 aromatic rings. The molecule has 0 spiro atoms. The summed E-state index contributed by atoms with van der Waals surface area (Å²) in [6.45, 7) is 6.79. The van der Waals surface area contributed by atoms with Crippen LogP contribution in [0, 0.1) is 17.2 Å². The largest absolute Gasteiger partial charge is 0.456 e. The Kier molecular flexibility index (Phi) is 6.30. The summed E-state index contributed by atoms with van der Waals surface area (Å²) >= 11 is 0. The fourth-order valence-electron chi connectivity index (χ4n) is 1.35.